The summed E-state index contributed by atoms with van der Waals surface area (Å²) >= 11 is 0. The minimum absolute atomic E-state index is 0.0278. The maximum absolute atomic E-state index is 12.2. The van der Waals surface area contributed by atoms with Crippen LogP contribution in [0.15, 0.2) is 53.1 Å². The maximum Gasteiger partial charge on any atom is 0.224 e. The third-order valence-corrected chi connectivity index (χ3v) is 4.09. The Morgan fingerprint density at radius 2 is 1.88 bits per heavy atom. The van der Waals surface area contributed by atoms with Gasteiger partial charge < -0.3 is 19.2 Å². The van der Waals surface area contributed by atoms with Gasteiger partial charge in [0.15, 0.2) is 11.5 Å². The lowest BCUT2D eigenvalue weighted by atomic mass is 10.1. The van der Waals surface area contributed by atoms with Crippen molar-refractivity contribution in [1.82, 2.24) is 5.32 Å². The molecule has 0 spiro atoms. The van der Waals surface area contributed by atoms with Crippen LogP contribution in [0.1, 0.15) is 11.1 Å². The quantitative estimate of drug-likeness (QED) is 0.717. The number of rotatable bonds is 7. The van der Waals surface area contributed by atoms with E-state index < -0.39 is 0 Å². The third-order valence-electron chi connectivity index (χ3n) is 4.09. The van der Waals surface area contributed by atoms with Crippen LogP contribution >= 0.6 is 0 Å². The number of carbonyl (C=O) groups is 1. The number of ether oxygens (including phenoxy) is 2. The first-order chi connectivity index (χ1) is 12.2. The number of fused-ring (bicyclic) bond motifs is 1. The molecule has 130 valence electrons. The van der Waals surface area contributed by atoms with Crippen LogP contribution in [0.25, 0.3) is 11.0 Å². The molecule has 0 saturated carbocycles. The normalized spacial score (nSPS) is 10.6. The van der Waals surface area contributed by atoms with Gasteiger partial charge >= 0.3 is 0 Å². The van der Waals surface area contributed by atoms with Crippen molar-refractivity contribution in [3.63, 3.8) is 0 Å². The molecule has 0 unspecified atom stereocenters. The monoisotopic (exact) mass is 339 g/mol. The topological polar surface area (TPSA) is 60.7 Å². The van der Waals surface area contributed by atoms with Gasteiger partial charge in [0, 0.05) is 11.9 Å². The van der Waals surface area contributed by atoms with E-state index in [2.05, 4.69) is 5.32 Å². The number of hydrogen-bond donors (Lipinski definition) is 1. The van der Waals surface area contributed by atoms with Gasteiger partial charge in [-0.1, -0.05) is 24.3 Å². The minimum atomic E-state index is -0.0278. The van der Waals surface area contributed by atoms with Crippen molar-refractivity contribution in [2.75, 3.05) is 20.8 Å². The fourth-order valence-electron chi connectivity index (χ4n) is 2.80. The van der Waals surface area contributed by atoms with Crippen molar-refractivity contribution in [1.29, 1.82) is 0 Å². The van der Waals surface area contributed by atoms with Crippen molar-refractivity contribution >= 4 is 16.9 Å². The second-order valence-corrected chi connectivity index (χ2v) is 5.72. The molecule has 0 aliphatic carbocycles. The fourth-order valence-corrected chi connectivity index (χ4v) is 2.80. The molecule has 0 saturated heterocycles. The Hall–Kier alpha value is -2.95. The molecule has 25 heavy (non-hydrogen) atoms. The molecule has 3 rings (SSSR count). The van der Waals surface area contributed by atoms with Crippen LogP contribution in [0, 0.1) is 0 Å². The summed E-state index contributed by atoms with van der Waals surface area (Å²) in [4.78, 5) is 12.2. The summed E-state index contributed by atoms with van der Waals surface area (Å²) in [5.74, 6) is 1.25. The van der Waals surface area contributed by atoms with Gasteiger partial charge in [-0.25, -0.2) is 0 Å². The number of methoxy groups -OCH3 is 2. The molecule has 0 aliphatic heterocycles. The molecule has 5 heteroatoms. The predicted molar refractivity (Wildman–Crippen MR) is 96.2 cm³/mol. The number of carbonyl (C=O) groups excluding carboxylic acids is 1. The number of nitrogens with one attached hydrogen (secondary N) is 1. The summed E-state index contributed by atoms with van der Waals surface area (Å²) < 4.78 is 16.0. The molecular weight excluding hydrogens is 318 g/mol. The fraction of sp³-hybridized carbons (Fsp3) is 0.250. The largest absolute Gasteiger partial charge is 0.493 e. The Morgan fingerprint density at radius 1 is 1.08 bits per heavy atom. The van der Waals surface area contributed by atoms with Crippen LogP contribution < -0.4 is 14.8 Å². The van der Waals surface area contributed by atoms with Gasteiger partial charge in [-0.2, -0.15) is 0 Å². The van der Waals surface area contributed by atoms with E-state index in [9.17, 15) is 4.79 Å². The number of amides is 1. The molecule has 0 atom stereocenters. The number of hydrogen-bond acceptors (Lipinski definition) is 4. The van der Waals surface area contributed by atoms with Gasteiger partial charge in [0.05, 0.1) is 26.9 Å². The highest BCUT2D eigenvalue weighted by Gasteiger charge is 2.09. The molecule has 0 radical (unpaired) electrons. The van der Waals surface area contributed by atoms with Gasteiger partial charge in [0.25, 0.3) is 0 Å². The first kappa shape index (κ1) is 16.9. The van der Waals surface area contributed by atoms with E-state index in [1.807, 2.05) is 36.4 Å². The Morgan fingerprint density at radius 3 is 2.68 bits per heavy atom. The molecule has 0 aliphatic rings. The molecule has 1 aromatic heterocycles. The Bertz CT molecular complexity index is 869. The SMILES string of the molecule is COc1ccc(CC(=O)NCCc2coc3ccccc23)cc1OC. The number of para-hydroxylation sites is 1. The summed E-state index contributed by atoms with van der Waals surface area (Å²) in [5.41, 5.74) is 2.85. The molecule has 1 N–H and O–H groups in total. The zero-order chi connectivity index (χ0) is 17.6. The van der Waals surface area contributed by atoms with Crippen molar-refractivity contribution < 1.29 is 18.7 Å². The van der Waals surface area contributed by atoms with Crippen molar-refractivity contribution in [3.8, 4) is 11.5 Å². The first-order valence-corrected chi connectivity index (χ1v) is 8.14. The van der Waals surface area contributed by atoms with E-state index in [1.54, 1.807) is 26.5 Å². The van der Waals surface area contributed by atoms with Gasteiger partial charge in [-0.15, -0.1) is 0 Å². The lowest BCUT2D eigenvalue weighted by Gasteiger charge is -2.10. The average Bonchev–Trinajstić information content (AvgIpc) is 3.05. The van der Waals surface area contributed by atoms with Gasteiger partial charge in [-0.05, 0) is 35.7 Å². The van der Waals surface area contributed by atoms with E-state index in [0.29, 0.717) is 24.5 Å². The van der Waals surface area contributed by atoms with Crippen LogP contribution in [0.3, 0.4) is 0 Å². The zero-order valence-electron chi connectivity index (χ0n) is 14.4. The average molecular weight is 339 g/mol. The smallest absolute Gasteiger partial charge is 0.224 e. The molecule has 2 aromatic carbocycles. The summed E-state index contributed by atoms with van der Waals surface area (Å²) in [6, 6.07) is 13.4. The lowest BCUT2D eigenvalue weighted by Crippen LogP contribution is -2.27. The zero-order valence-corrected chi connectivity index (χ0v) is 14.4. The van der Waals surface area contributed by atoms with Crippen LogP contribution in [-0.4, -0.2) is 26.7 Å². The van der Waals surface area contributed by atoms with E-state index in [-0.39, 0.29) is 5.91 Å². The summed E-state index contributed by atoms with van der Waals surface area (Å²) in [6.07, 6.45) is 2.78. The second-order valence-electron chi connectivity index (χ2n) is 5.72. The molecule has 1 heterocycles. The third kappa shape index (κ3) is 3.94. The second kappa shape index (κ2) is 7.75. The number of furan rings is 1. The van der Waals surface area contributed by atoms with Crippen LogP contribution in [0.4, 0.5) is 0 Å². The van der Waals surface area contributed by atoms with Gasteiger partial charge in [0.2, 0.25) is 5.91 Å². The summed E-state index contributed by atoms with van der Waals surface area (Å²) in [7, 11) is 3.17. The van der Waals surface area contributed by atoms with E-state index >= 15 is 0 Å². The Balaban J connectivity index is 1.54. The molecule has 1 amide bonds. The summed E-state index contributed by atoms with van der Waals surface area (Å²) in [5, 5.41) is 4.04. The van der Waals surface area contributed by atoms with Crippen molar-refractivity contribution in [2.24, 2.45) is 0 Å². The minimum Gasteiger partial charge on any atom is -0.493 e. The Kier molecular flexibility index (Phi) is 5.23. The summed E-state index contributed by atoms with van der Waals surface area (Å²) in [6.45, 7) is 0.565. The van der Waals surface area contributed by atoms with E-state index in [1.165, 1.54) is 0 Å². The van der Waals surface area contributed by atoms with Crippen molar-refractivity contribution in [3.05, 3.63) is 59.9 Å². The maximum atomic E-state index is 12.2. The number of benzene rings is 2. The molecular formula is C20H21NO4. The van der Waals surface area contributed by atoms with Gasteiger partial charge in [-0.3, -0.25) is 4.79 Å². The highest BCUT2D eigenvalue weighted by Crippen LogP contribution is 2.27. The highest BCUT2D eigenvalue weighted by atomic mass is 16.5. The molecule has 0 fully saturated rings. The highest BCUT2D eigenvalue weighted by molar-refractivity contribution is 5.81. The van der Waals surface area contributed by atoms with Crippen LogP contribution in [0.5, 0.6) is 11.5 Å². The van der Waals surface area contributed by atoms with Crippen molar-refractivity contribution in [2.45, 2.75) is 12.8 Å². The lowest BCUT2D eigenvalue weighted by molar-refractivity contribution is -0.120. The standard InChI is InChI=1S/C20H21NO4/c1-23-18-8-7-14(11-19(18)24-2)12-20(22)21-10-9-15-13-25-17-6-4-3-5-16(15)17/h3-8,11,13H,9-10,12H2,1-2H3,(H,21,22). The first-order valence-electron chi connectivity index (χ1n) is 8.14. The van der Waals surface area contributed by atoms with Crippen LogP contribution in [-0.2, 0) is 17.6 Å². The van der Waals surface area contributed by atoms with E-state index in [4.69, 9.17) is 13.9 Å². The molecule has 3 aromatic rings. The van der Waals surface area contributed by atoms with E-state index in [0.717, 1.165) is 28.5 Å². The van der Waals surface area contributed by atoms with Gasteiger partial charge in [0.1, 0.15) is 5.58 Å². The van der Waals surface area contributed by atoms with Crippen LogP contribution in [0.2, 0.25) is 0 Å². The Labute approximate surface area is 146 Å². The molecule has 5 nitrogen and oxygen atoms in total. The molecule has 0 bridgehead atoms. The predicted octanol–water partition coefficient (Wildman–Crippen LogP) is 3.35.